The summed E-state index contributed by atoms with van der Waals surface area (Å²) in [5.41, 5.74) is -0.756. The van der Waals surface area contributed by atoms with E-state index in [2.05, 4.69) is 11.1 Å². The van der Waals surface area contributed by atoms with Gasteiger partial charge in [0, 0.05) is 37.5 Å². The van der Waals surface area contributed by atoms with Gasteiger partial charge in [0.2, 0.25) is 0 Å². The number of alkyl halides is 3. The van der Waals surface area contributed by atoms with E-state index in [1.54, 1.807) is 12.1 Å². The SMILES string of the molecule is CC(=O)Oc1cc(Cl)cc(OCCC2(C#N)CCN(c3nc4ccc(C(F)(F)F)cc4s3)CC2)c1. The molecule has 0 unspecified atom stereocenters. The number of esters is 1. The average molecular weight is 524 g/mol. The molecule has 6 nitrogen and oxygen atoms in total. The van der Waals surface area contributed by atoms with E-state index in [9.17, 15) is 23.2 Å². The summed E-state index contributed by atoms with van der Waals surface area (Å²) in [7, 11) is 0. The van der Waals surface area contributed by atoms with E-state index in [4.69, 9.17) is 21.1 Å². The zero-order chi connectivity index (χ0) is 25.2. The zero-order valence-corrected chi connectivity index (χ0v) is 20.3. The molecule has 0 aliphatic carbocycles. The standard InChI is InChI=1S/C24H21ClF3N3O3S/c1-15(32)34-19-12-17(25)11-18(13-19)33-9-6-23(14-29)4-7-31(8-5-23)22-30-20-3-2-16(24(26,27)28)10-21(20)35-22/h2-3,10-13H,4-9H2,1H3. The van der Waals surface area contributed by atoms with Gasteiger partial charge in [0.25, 0.3) is 0 Å². The van der Waals surface area contributed by atoms with Crippen molar-refractivity contribution in [2.75, 3.05) is 24.6 Å². The number of hydrogen-bond donors (Lipinski definition) is 0. The summed E-state index contributed by atoms with van der Waals surface area (Å²) in [6, 6.07) is 10.7. The number of hydrogen-bond acceptors (Lipinski definition) is 7. The van der Waals surface area contributed by atoms with Crippen LogP contribution in [0.15, 0.2) is 36.4 Å². The summed E-state index contributed by atoms with van der Waals surface area (Å²) in [5.74, 6) is 0.246. The number of ether oxygens (including phenoxy) is 2. The van der Waals surface area contributed by atoms with Crippen molar-refractivity contribution < 1.29 is 27.4 Å². The van der Waals surface area contributed by atoms with Gasteiger partial charge in [-0.2, -0.15) is 18.4 Å². The number of rotatable bonds is 6. The van der Waals surface area contributed by atoms with E-state index in [-0.39, 0.29) is 12.4 Å². The largest absolute Gasteiger partial charge is 0.493 e. The fourth-order valence-corrected chi connectivity index (χ4v) is 5.25. The van der Waals surface area contributed by atoms with E-state index < -0.39 is 23.1 Å². The Morgan fingerprint density at radius 3 is 2.60 bits per heavy atom. The van der Waals surface area contributed by atoms with Crippen LogP contribution in [0.25, 0.3) is 10.2 Å². The number of anilines is 1. The minimum absolute atomic E-state index is 0.273. The Balaban J connectivity index is 1.37. The molecule has 2 heterocycles. The van der Waals surface area contributed by atoms with Gasteiger partial charge in [-0.1, -0.05) is 22.9 Å². The highest BCUT2D eigenvalue weighted by Crippen LogP contribution is 2.40. The molecule has 1 aliphatic rings. The van der Waals surface area contributed by atoms with E-state index >= 15 is 0 Å². The number of halogens is 4. The van der Waals surface area contributed by atoms with Crippen LogP contribution in [0.1, 0.15) is 31.7 Å². The quantitative estimate of drug-likeness (QED) is 0.272. The fraction of sp³-hybridized carbons (Fsp3) is 0.375. The third-order valence-electron chi connectivity index (χ3n) is 5.89. The van der Waals surface area contributed by atoms with Crippen molar-refractivity contribution >= 4 is 44.3 Å². The molecule has 1 aromatic heterocycles. The summed E-state index contributed by atoms with van der Waals surface area (Å²) in [6.45, 7) is 2.69. The van der Waals surface area contributed by atoms with Gasteiger partial charge in [-0.15, -0.1) is 0 Å². The molecule has 11 heteroatoms. The summed E-state index contributed by atoms with van der Waals surface area (Å²) in [4.78, 5) is 17.7. The van der Waals surface area contributed by atoms with Crippen LogP contribution in [0.2, 0.25) is 5.02 Å². The van der Waals surface area contributed by atoms with Crippen LogP contribution in [0, 0.1) is 16.7 Å². The molecule has 0 N–H and O–H groups in total. The Morgan fingerprint density at radius 2 is 1.94 bits per heavy atom. The molecule has 0 saturated carbocycles. The van der Waals surface area contributed by atoms with Crippen molar-refractivity contribution in [3.8, 4) is 17.6 Å². The first-order chi connectivity index (χ1) is 16.6. The molecule has 0 amide bonds. The molecule has 184 valence electrons. The van der Waals surface area contributed by atoms with Crippen molar-refractivity contribution in [3.05, 3.63) is 47.0 Å². The Hall–Kier alpha value is -3.03. The van der Waals surface area contributed by atoms with Crippen molar-refractivity contribution in [3.63, 3.8) is 0 Å². The molecule has 35 heavy (non-hydrogen) atoms. The normalized spacial score (nSPS) is 15.6. The summed E-state index contributed by atoms with van der Waals surface area (Å²) >= 11 is 7.28. The lowest BCUT2D eigenvalue weighted by molar-refractivity contribution is -0.137. The van der Waals surface area contributed by atoms with Crippen molar-refractivity contribution in [1.82, 2.24) is 4.98 Å². The molecule has 1 saturated heterocycles. The minimum Gasteiger partial charge on any atom is -0.493 e. The summed E-state index contributed by atoms with van der Waals surface area (Å²) < 4.78 is 50.3. The van der Waals surface area contributed by atoms with Crippen LogP contribution in [0.4, 0.5) is 18.3 Å². The maximum absolute atomic E-state index is 13.0. The van der Waals surface area contributed by atoms with Gasteiger partial charge < -0.3 is 14.4 Å². The van der Waals surface area contributed by atoms with Gasteiger partial charge in [-0.05, 0) is 43.2 Å². The van der Waals surface area contributed by atoms with E-state index in [1.165, 1.54) is 30.4 Å². The lowest BCUT2D eigenvalue weighted by atomic mass is 9.77. The van der Waals surface area contributed by atoms with Crippen molar-refractivity contribution in [2.45, 2.75) is 32.4 Å². The monoisotopic (exact) mass is 523 g/mol. The number of benzene rings is 2. The van der Waals surface area contributed by atoms with E-state index in [0.717, 1.165) is 12.1 Å². The predicted octanol–water partition coefficient (Wildman–Crippen LogP) is 6.47. The van der Waals surface area contributed by atoms with Crippen LogP contribution >= 0.6 is 22.9 Å². The van der Waals surface area contributed by atoms with Gasteiger partial charge in [-0.25, -0.2) is 4.98 Å². The number of carbonyl (C=O) groups excluding carboxylic acids is 1. The topological polar surface area (TPSA) is 75.5 Å². The number of fused-ring (bicyclic) bond motifs is 1. The van der Waals surface area contributed by atoms with Gasteiger partial charge in [0.15, 0.2) is 5.13 Å². The van der Waals surface area contributed by atoms with Crippen molar-refractivity contribution in [1.29, 1.82) is 5.26 Å². The smallest absolute Gasteiger partial charge is 0.416 e. The number of carbonyl (C=O) groups is 1. The summed E-state index contributed by atoms with van der Waals surface area (Å²) in [5, 5.41) is 10.9. The third-order valence-corrected chi connectivity index (χ3v) is 7.19. The number of thiazole rings is 1. The van der Waals surface area contributed by atoms with Crippen LogP contribution < -0.4 is 14.4 Å². The molecule has 0 atom stereocenters. The molecule has 0 bridgehead atoms. The number of nitriles is 1. The second kappa shape index (κ2) is 9.91. The summed E-state index contributed by atoms with van der Waals surface area (Å²) in [6.07, 6.45) is -2.76. The molecule has 2 aromatic carbocycles. The molecule has 4 rings (SSSR count). The Bertz CT molecular complexity index is 1280. The number of aromatic nitrogens is 1. The first-order valence-corrected chi connectivity index (χ1v) is 12.0. The number of piperidine rings is 1. The van der Waals surface area contributed by atoms with Gasteiger partial charge in [-0.3, -0.25) is 4.79 Å². The van der Waals surface area contributed by atoms with Crippen molar-refractivity contribution in [2.24, 2.45) is 5.41 Å². The highest BCUT2D eigenvalue weighted by Gasteiger charge is 2.36. The minimum atomic E-state index is -4.40. The molecular formula is C24H21ClF3N3O3S. The van der Waals surface area contributed by atoms with Crippen LogP contribution in [0.3, 0.4) is 0 Å². The lowest BCUT2D eigenvalue weighted by Gasteiger charge is -2.37. The maximum Gasteiger partial charge on any atom is 0.416 e. The van der Waals surface area contributed by atoms with Gasteiger partial charge >= 0.3 is 12.1 Å². The first-order valence-electron chi connectivity index (χ1n) is 10.8. The van der Waals surface area contributed by atoms with Crippen LogP contribution in [-0.2, 0) is 11.0 Å². The molecular weight excluding hydrogens is 503 g/mol. The highest BCUT2D eigenvalue weighted by molar-refractivity contribution is 7.22. The van der Waals surface area contributed by atoms with Crippen LogP contribution in [-0.4, -0.2) is 30.6 Å². The Morgan fingerprint density at radius 1 is 1.23 bits per heavy atom. The van der Waals surface area contributed by atoms with E-state index in [0.29, 0.717) is 58.5 Å². The van der Waals surface area contributed by atoms with Gasteiger partial charge in [0.05, 0.1) is 33.9 Å². The highest BCUT2D eigenvalue weighted by atomic mass is 35.5. The maximum atomic E-state index is 13.0. The molecule has 1 fully saturated rings. The predicted molar refractivity (Wildman–Crippen MR) is 127 cm³/mol. The zero-order valence-electron chi connectivity index (χ0n) is 18.7. The molecule has 3 aromatic rings. The first kappa shape index (κ1) is 25.1. The Labute approximate surface area is 208 Å². The second-order valence-electron chi connectivity index (χ2n) is 8.37. The fourth-order valence-electron chi connectivity index (χ4n) is 3.98. The van der Waals surface area contributed by atoms with Crippen LogP contribution in [0.5, 0.6) is 11.5 Å². The third kappa shape index (κ3) is 5.97. The Kier molecular flexibility index (Phi) is 7.10. The van der Waals surface area contributed by atoms with Gasteiger partial charge in [0.1, 0.15) is 11.5 Å². The molecule has 0 radical (unpaired) electrons. The second-order valence-corrected chi connectivity index (χ2v) is 9.82. The lowest BCUT2D eigenvalue weighted by Crippen LogP contribution is -2.40. The van der Waals surface area contributed by atoms with E-state index in [1.807, 2.05) is 4.90 Å². The molecule has 0 spiro atoms. The number of nitrogens with zero attached hydrogens (tertiary/aromatic N) is 3. The molecule has 1 aliphatic heterocycles. The average Bonchev–Trinajstić information content (AvgIpc) is 3.21.